The molecule has 1 heterocycles. The van der Waals surface area contributed by atoms with Crippen LogP contribution in [0.25, 0.3) is 0 Å². The number of nitrogens with two attached hydrogens (primary N) is 1. The largest absolute Gasteiger partial charge is 0.448 e. The van der Waals surface area contributed by atoms with E-state index in [9.17, 15) is 4.79 Å². The molecule has 2 N–H and O–H groups in total. The maximum atomic E-state index is 10.8. The SMILES string of the molecule is CC1(C)CCOC(=O)N1N. The Labute approximate surface area is 59.9 Å². The smallest absolute Gasteiger partial charge is 0.424 e. The lowest BCUT2D eigenvalue weighted by atomic mass is 10.00. The van der Waals surface area contributed by atoms with E-state index in [1.54, 1.807) is 0 Å². The average molecular weight is 144 g/mol. The van der Waals surface area contributed by atoms with Crippen molar-refractivity contribution in [2.24, 2.45) is 5.84 Å². The van der Waals surface area contributed by atoms with Gasteiger partial charge in [-0.1, -0.05) is 0 Å². The van der Waals surface area contributed by atoms with Crippen molar-refractivity contribution in [3.63, 3.8) is 0 Å². The van der Waals surface area contributed by atoms with Crippen LogP contribution in [-0.2, 0) is 4.74 Å². The molecule has 0 radical (unpaired) electrons. The van der Waals surface area contributed by atoms with Gasteiger partial charge in [0.2, 0.25) is 0 Å². The van der Waals surface area contributed by atoms with E-state index in [4.69, 9.17) is 5.84 Å². The fourth-order valence-corrected chi connectivity index (χ4v) is 0.825. The topological polar surface area (TPSA) is 55.6 Å². The van der Waals surface area contributed by atoms with Gasteiger partial charge in [0.05, 0.1) is 12.1 Å². The zero-order valence-corrected chi connectivity index (χ0v) is 6.26. The minimum atomic E-state index is -0.434. The fraction of sp³-hybridized carbons (Fsp3) is 0.833. The first-order chi connectivity index (χ1) is 4.54. The van der Waals surface area contributed by atoms with Crippen molar-refractivity contribution in [3.05, 3.63) is 0 Å². The Morgan fingerprint density at radius 3 is 2.70 bits per heavy atom. The van der Waals surface area contributed by atoms with Gasteiger partial charge in [0.15, 0.2) is 0 Å². The normalized spacial score (nSPS) is 24.3. The summed E-state index contributed by atoms with van der Waals surface area (Å²) in [6.07, 6.45) is 0.353. The summed E-state index contributed by atoms with van der Waals surface area (Å²) in [6, 6.07) is 0. The molecule has 0 aliphatic carbocycles. The first-order valence-corrected chi connectivity index (χ1v) is 3.26. The Morgan fingerprint density at radius 1 is 1.70 bits per heavy atom. The summed E-state index contributed by atoms with van der Waals surface area (Å²) in [5.74, 6) is 5.41. The summed E-state index contributed by atoms with van der Waals surface area (Å²) >= 11 is 0. The average Bonchev–Trinajstić information content (AvgIpc) is 1.83. The van der Waals surface area contributed by atoms with Crippen LogP contribution in [0.2, 0.25) is 0 Å². The van der Waals surface area contributed by atoms with Gasteiger partial charge in [-0.25, -0.2) is 15.6 Å². The van der Waals surface area contributed by atoms with E-state index >= 15 is 0 Å². The number of ether oxygens (including phenoxy) is 1. The van der Waals surface area contributed by atoms with Crippen molar-refractivity contribution < 1.29 is 9.53 Å². The van der Waals surface area contributed by atoms with Crippen molar-refractivity contribution in [3.8, 4) is 0 Å². The Balaban J connectivity index is 2.69. The number of rotatable bonds is 0. The Kier molecular flexibility index (Phi) is 1.56. The van der Waals surface area contributed by atoms with E-state index < -0.39 is 6.09 Å². The molecular weight excluding hydrogens is 132 g/mol. The first kappa shape index (κ1) is 7.34. The highest BCUT2D eigenvalue weighted by Crippen LogP contribution is 2.20. The van der Waals surface area contributed by atoms with Gasteiger partial charge in [-0.3, -0.25) is 0 Å². The Bertz CT molecular complexity index is 156. The molecule has 0 aromatic carbocycles. The van der Waals surface area contributed by atoms with Crippen LogP contribution >= 0.6 is 0 Å². The number of carbonyl (C=O) groups is 1. The molecule has 0 aromatic rings. The van der Waals surface area contributed by atoms with Crippen molar-refractivity contribution in [2.45, 2.75) is 25.8 Å². The highest BCUT2D eigenvalue weighted by atomic mass is 16.6. The molecule has 1 saturated heterocycles. The molecule has 0 unspecified atom stereocenters. The van der Waals surface area contributed by atoms with E-state index in [1.807, 2.05) is 13.8 Å². The van der Waals surface area contributed by atoms with Gasteiger partial charge >= 0.3 is 6.09 Å². The molecule has 4 heteroatoms. The van der Waals surface area contributed by atoms with Crippen LogP contribution in [0.1, 0.15) is 20.3 Å². The first-order valence-electron chi connectivity index (χ1n) is 3.26. The quantitative estimate of drug-likeness (QED) is 0.397. The molecule has 58 valence electrons. The van der Waals surface area contributed by atoms with Crippen LogP contribution in [0, 0.1) is 0 Å². The molecule has 0 spiro atoms. The summed E-state index contributed by atoms with van der Waals surface area (Å²) in [4.78, 5) is 10.8. The maximum absolute atomic E-state index is 10.8. The van der Waals surface area contributed by atoms with Crippen LogP contribution < -0.4 is 5.84 Å². The highest BCUT2D eigenvalue weighted by molar-refractivity contribution is 5.68. The molecule has 4 nitrogen and oxygen atoms in total. The van der Waals surface area contributed by atoms with E-state index in [0.29, 0.717) is 6.61 Å². The number of hydrazine groups is 1. The van der Waals surface area contributed by atoms with Gasteiger partial charge in [0.1, 0.15) is 0 Å². The van der Waals surface area contributed by atoms with Gasteiger partial charge in [-0.2, -0.15) is 0 Å². The van der Waals surface area contributed by atoms with Crippen LogP contribution in [0.5, 0.6) is 0 Å². The van der Waals surface area contributed by atoms with E-state index in [1.165, 1.54) is 0 Å². The van der Waals surface area contributed by atoms with Crippen LogP contribution in [0.3, 0.4) is 0 Å². The van der Waals surface area contributed by atoms with E-state index in [0.717, 1.165) is 11.4 Å². The Morgan fingerprint density at radius 2 is 2.30 bits per heavy atom. The second-order valence-electron chi connectivity index (χ2n) is 3.05. The van der Waals surface area contributed by atoms with E-state index in [2.05, 4.69) is 4.74 Å². The zero-order valence-electron chi connectivity index (χ0n) is 6.26. The van der Waals surface area contributed by atoms with Crippen molar-refractivity contribution >= 4 is 6.09 Å². The molecule has 0 aromatic heterocycles. The van der Waals surface area contributed by atoms with Crippen LogP contribution in [0.4, 0.5) is 4.79 Å². The molecule has 1 amide bonds. The molecular formula is C6H12N2O2. The van der Waals surface area contributed by atoms with E-state index in [-0.39, 0.29) is 5.54 Å². The minimum Gasteiger partial charge on any atom is -0.448 e. The molecule has 1 aliphatic heterocycles. The summed E-state index contributed by atoms with van der Waals surface area (Å²) in [5.41, 5.74) is -0.255. The number of carbonyl (C=O) groups excluding carboxylic acids is 1. The van der Waals surface area contributed by atoms with Crippen LogP contribution in [-0.4, -0.2) is 23.2 Å². The lowest BCUT2D eigenvalue weighted by Crippen LogP contribution is -2.56. The van der Waals surface area contributed by atoms with Gasteiger partial charge in [-0.05, 0) is 13.8 Å². The third-order valence-corrected chi connectivity index (χ3v) is 1.79. The van der Waals surface area contributed by atoms with Gasteiger partial charge in [0.25, 0.3) is 0 Å². The second-order valence-corrected chi connectivity index (χ2v) is 3.05. The molecule has 10 heavy (non-hydrogen) atoms. The highest BCUT2D eigenvalue weighted by Gasteiger charge is 2.33. The van der Waals surface area contributed by atoms with Gasteiger partial charge in [0, 0.05) is 6.42 Å². The summed E-state index contributed by atoms with van der Waals surface area (Å²) < 4.78 is 4.69. The third-order valence-electron chi connectivity index (χ3n) is 1.79. The molecule has 0 atom stereocenters. The van der Waals surface area contributed by atoms with Gasteiger partial charge < -0.3 is 4.74 Å². The molecule has 0 bridgehead atoms. The predicted octanol–water partition coefficient (Wildman–Crippen LogP) is 0.481. The fourth-order valence-electron chi connectivity index (χ4n) is 0.825. The summed E-state index contributed by atoms with van der Waals surface area (Å²) in [5, 5.41) is 1.14. The zero-order chi connectivity index (χ0) is 7.78. The number of hydrogen-bond acceptors (Lipinski definition) is 3. The second kappa shape index (κ2) is 2.12. The molecule has 1 rings (SSSR count). The van der Waals surface area contributed by atoms with Crippen molar-refractivity contribution in [2.75, 3.05) is 6.61 Å². The van der Waals surface area contributed by atoms with Gasteiger partial charge in [-0.15, -0.1) is 0 Å². The lowest BCUT2D eigenvalue weighted by molar-refractivity contribution is 0.0107. The number of cyclic esters (lactones) is 1. The number of nitrogens with zero attached hydrogens (tertiary/aromatic N) is 1. The minimum absolute atomic E-state index is 0.255. The third kappa shape index (κ3) is 1.07. The number of hydrogen-bond donors (Lipinski definition) is 1. The van der Waals surface area contributed by atoms with Crippen molar-refractivity contribution in [1.29, 1.82) is 0 Å². The van der Waals surface area contributed by atoms with Crippen molar-refractivity contribution in [1.82, 2.24) is 5.01 Å². The van der Waals surface area contributed by atoms with Crippen LogP contribution in [0.15, 0.2) is 0 Å². The Hall–Kier alpha value is -0.770. The summed E-state index contributed by atoms with van der Waals surface area (Å²) in [7, 11) is 0. The molecule has 1 fully saturated rings. The lowest BCUT2D eigenvalue weighted by Gasteiger charge is -2.37. The molecule has 0 saturated carbocycles. The maximum Gasteiger partial charge on any atom is 0.424 e. The summed E-state index contributed by atoms with van der Waals surface area (Å²) in [6.45, 7) is 4.29. The standard InChI is InChI=1S/C6H12N2O2/c1-6(2)3-4-10-5(9)8(6)7/h3-4,7H2,1-2H3. The number of amides is 1. The predicted molar refractivity (Wildman–Crippen MR) is 36.1 cm³/mol. The monoisotopic (exact) mass is 144 g/mol. The molecule has 1 aliphatic rings.